The first-order valence-corrected chi connectivity index (χ1v) is 10.0. The van der Waals surface area contributed by atoms with Crippen LogP contribution in [0.2, 0.25) is 0 Å². The molecule has 4 aromatic rings. The van der Waals surface area contributed by atoms with Gasteiger partial charge in [0.15, 0.2) is 5.82 Å². The van der Waals surface area contributed by atoms with E-state index in [1.54, 1.807) is 6.20 Å². The van der Waals surface area contributed by atoms with Crippen LogP contribution in [0.4, 0.5) is 0 Å². The van der Waals surface area contributed by atoms with Crippen LogP contribution in [-0.2, 0) is 20.6 Å². The van der Waals surface area contributed by atoms with Crippen molar-refractivity contribution < 1.29 is 4.79 Å². The standard InChI is InChI=1S/C24H23N5O/c1-27-14-19(12-26-27)21-16-29(15-18-10-6-7-11-20(18)21)24(30)23-25-13-22(28(23)2)17-8-4-3-5-9-17/h3-14,21H,15-16H2,1-2H3. The predicted molar refractivity (Wildman–Crippen MR) is 115 cm³/mol. The molecule has 2 aromatic carbocycles. The highest BCUT2D eigenvalue weighted by molar-refractivity contribution is 5.92. The molecule has 3 heterocycles. The minimum absolute atomic E-state index is 0.0527. The Labute approximate surface area is 175 Å². The molecule has 0 saturated carbocycles. The Hall–Kier alpha value is -3.67. The Balaban J connectivity index is 1.49. The van der Waals surface area contributed by atoms with E-state index < -0.39 is 0 Å². The molecule has 0 N–H and O–H groups in total. The molecule has 2 aromatic heterocycles. The molecule has 150 valence electrons. The highest BCUT2D eigenvalue weighted by Gasteiger charge is 2.32. The van der Waals surface area contributed by atoms with Crippen molar-refractivity contribution in [1.82, 2.24) is 24.2 Å². The van der Waals surface area contributed by atoms with Crippen molar-refractivity contribution in [2.45, 2.75) is 12.5 Å². The number of aryl methyl sites for hydroxylation is 1. The average molecular weight is 397 g/mol. The van der Waals surface area contributed by atoms with Gasteiger partial charge >= 0.3 is 0 Å². The fourth-order valence-electron chi connectivity index (χ4n) is 4.29. The first-order valence-electron chi connectivity index (χ1n) is 10.0. The molecule has 0 radical (unpaired) electrons. The molecule has 0 bridgehead atoms. The lowest BCUT2D eigenvalue weighted by Gasteiger charge is -2.34. The van der Waals surface area contributed by atoms with Crippen LogP contribution in [0.5, 0.6) is 0 Å². The Morgan fingerprint density at radius 2 is 1.77 bits per heavy atom. The van der Waals surface area contributed by atoms with Crippen LogP contribution < -0.4 is 0 Å². The third-order valence-electron chi connectivity index (χ3n) is 5.86. The van der Waals surface area contributed by atoms with Gasteiger partial charge < -0.3 is 9.47 Å². The Morgan fingerprint density at radius 1 is 1.00 bits per heavy atom. The summed E-state index contributed by atoms with van der Waals surface area (Å²) in [5.41, 5.74) is 5.53. The molecule has 1 unspecified atom stereocenters. The van der Waals surface area contributed by atoms with Crippen LogP contribution in [0.15, 0.2) is 73.2 Å². The van der Waals surface area contributed by atoms with Crippen LogP contribution in [0.3, 0.4) is 0 Å². The van der Waals surface area contributed by atoms with Gasteiger partial charge in [-0.15, -0.1) is 0 Å². The van der Waals surface area contributed by atoms with Crippen LogP contribution >= 0.6 is 0 Å². The minimum atomic E-state index is -0.0527. The number of aromatic nitrogens is 4. The van der Waals surface area contributed by atoms with E-state index in [4.69, 9.17) is 0 Å². The SMILES string of the molecule is Cn1cc(C2CN(C(=O)c3ncc(-c4ccccc4)n3C)Cc3ccccc32)cn1. The van der Waals surface area contributed by atoms with Crippen molar-refractivity contribution in [3.63, 3.8) is 0 Å². The van der Waals surface area contributed by atoms with Gasteiger partial charge in [0, 0.05) is 39.3 Å². The number of nitrogens with zero attached hydrogens (tertiary/aromatic N) is 5. The van der Waals surface area contributed by atoms with Crippen LogP contribution in [0, 0.1) is 0 Å². The van der Waals surface area contributed by atoms with E-state index in [1.165, 1.54) is 11.1 Å². The number of benzene rings is 2. The number of fused-ring (bicyclic) bond motifs is 1. The lowest BCUT2D eigenvalue weighted by atomic mass is 9.86. The molecular formula is C24H23N5O. The fourth-order valence-corrected chi connectivity index (χ4v) is 4.29. The van der Waals surface area contributed by atoms with Gasteiger partial charge in [0.05, 0.1) is 18.1 Å². The summed E-state index contributed by atoms with van der Waals surface area (Å²) in [6, 6.07) is 18.4. The third-order valence-corrected chi connectivity index (χ3v) is 5.86. The van der Waals surface area contributed by atoms with Crippen LogP contribution in [0.25, 0.3) is 11.3 Å². The van der Waals surface area contributed by atoms with Crippen molar-refractivity contribution in [2.24, 2.45) is 14.1 Å². The van der Waals surface area contributed by atoms with Gasteiger partial charge in [-0.3, -0.25) is 9.48 Å². The first kappa shape index (κ1) is 18.4. The highest BCUT2D eigenvalue weighted by Crippen LogP contribution is 2.34. The molecule has 1 atom stereocenters. The summed E-state index contributed by atoms with van der Waals surface area (Å²) in [6.45, 7) is 1.19. The molecule has 5 rings (SSSR count). The lowest BCUT2D eigenvalue weighted by molar-refractivity contribution is 0.0709. The monoisotopic (exact) mass is 397 g/mol. The zero-order chi connectivity index (χ0) is 20.7. The van der Waals surface area contributed by atoms with Gasteiger partial charge in [0.25, 0.3) is 5.91 Å². The van der Waals surface area contributed by atoms with Crippen LogP contribution in [0.1, 0.15) is 33.2 Å². The summed E-state index contributed by atoms with van der Waals surface area (Å²) in [7, 11) is 3.82. The summed E-state index contributed by atoms with van der Waals surface area (Å²) in [5, 5.41) is 4.34. The van der Waals surface area contributed by atoms with Gasteiger partial charge in [-0.1, -0.05) is 54.6 Å². The van der Waals surface area contributed by atoms with E-state index in [0.717, 1.165) is 16.8 Å². The maximum absolute atomic E-state index is 13.5. The number of carbonyl (C=O) groups is 1. The number of hydrogen-bond acceptors (Lipinski definition) is 3. The fraction of sp³-hybridized carbons (Fsp3) is 0.208. The molecule has 6 nitrogen and oxygen atoms in total. The zero-order valence-electron chi connectivity index (χ0n) is 17.1. The molecule has 0 aliphatic carbocycles. The van der Waals surface area contributed by atoms with E-state index >= 15 is 0 Å². The van der Waals surface area contributed by atoms with Gasteiger partial charge in [-0.2, -0.15) is 5.10 Å². The first-order chi connectivity index (χ1) is 14.6. The second-order valence-corrected chi connectivity index (χ2v) is 7.78. The highest BCUT2D eigenvalue weighted by atomic mass is 16.2. The van der Waals surface area contributed by atoms with Crippen molar-refractivity contribution >= 4 is 5.91 Å². The van der Waals surface area contributed by atoms with E-state index in [0.29, 0.717) is 18.9 Å². The maximum Gasteiger partial charge on any atom is 0.290 e. The number of hydrogen-bond donors (Lipinski definition) is 0. The second-order valence-electron chi connectivity index (χ2n) is 7.78. The van der Waals surface area contributed by atoms with Crippen molar-refractivity contribution in [2.75, 3.05) is 6.54 Å². The third kappa shape index (κ3) is 3.10. The van der Waals surface area contributed by atoms with E-state index in [9.17, 15) is 4.79 Å². The maximum atomic E-state index is 13.5. The minimum Gasteiger partial charge on any atom is -0.331 e. The molecule has 30 heavy (non-hydrogen) atoms. The van der Waals surface area contributed by atoms with E-state index in [-0.39, 0.29) is 11.8 Å². The summed E-state index contributed by atoms with van der Waals surface area (Å²) in [4.78, 5) is 19.9. The van der Waals surface area contributed by atoms with Gasteiger partial charge in [0.1, 0.15) is 0 Å². The zero-order valence-corrected chi connectivity index (χ0v) is 17.1. The number of carbonyl (C=O) groups excluding carboxylic acids is 1. The number of amides is 1. The van der Waals surface area contributed by atoms with E-state index in [2.05, 4.69) is 28.3 Å². The lowest BCUT2D eigenvalue weighted by Crippen LogP contribution is -2.39. The molecule has 0 saturated heterocycles. The number of imidazole rings is 1. The Bertz CT molecular complexity index is 1210. The molecule has 1 amide bonds. The molecule has 1 aliphatic rings. The Morgan fingerprint density at radius 3 is 2.53 bits per heavy atom. The molecular weight excluding hydrogens is 374 g/mol. The predicted octanol–water partition coefficient (Wildman–Crippen LogP) is 3.61. The van der Waals surface area contributed by atoms with Gasteiger partial charge in [-0.05, 0) is 22.3 Å². The Kier molecular flexibility index (Phi) is 4.47. The van der Waals surface area contributed by atoms with Gasteiger partial charge in [-0.25, -0.2) is 4.98 Å². The largest absolute Gasteiger partial charge is 0.331 e. The average Bonchev–Trinajstić information content (AvgIpc) is 3.38. The quantitative estimate of drug-likeness (QED) is 0.531. The topological polar surface area (TPSA) is 56.0 Å². The summed E-state index contributed by atoms with van der Waals surface area (Å²) >= 11 is 0. The normalized spacial score (nSPS) is 15.8. The number of rotatable bonds is 3. The summed E-state index contributed by atoms with van der Waals surface area (Å²) < 4.78 is 3.70. The smallest absolute Gasteiger partial charge is 0.290 e. The second kappa shape index (κ2) is 7.30. The van der Waals surface area contributed by atoms with Crippen molar-refractivity contribution in [3.8, 4) is 11.3 Å². The van der Waals surface area contributed by atoms with Crippen molar-refractivity contribution in [3.05, 3.63) is 95.7 Å². The van der Waals surface area contributed by atoms with Crippen LogP contribution in [-0.4, -0.2) is 36.7 Å². The molecule has 0 fully saturated rings. The summed E-state index contributed by atoms with van der Waals surface area (Å²) in [6.07, 6.45) is 5.70. The van der Waals surface area contributed by atoms with Crippen molar-refractivity contribution in [1.29, 1.82) is 0 Å². The summed E-state index contributed by atoms with van der Waals surface area (Å²) in [5.74, 6) is 0.503. The van der Waals surface area contributed by atoms with E-state index in [1.807, 2.05) is 77.0 Å². The molecule has 6 heteroatoms. The molecule has 1 aliphatic heterocycles. The molecule has 0 spiro atoms. The van der Waals surface area contributed by atoms with Gasteiger partial charge in [0.2, 0.25) is 0 Å².